The van der Waals surface area contributed by atoms with Gasteiger partial charge in [0, 0.05) is 25.8 Å². The highest BCUT2D eigenvalue weighted by Gasteiger charge is 2.44. The number of ether oxygens (including phenoxy) is 1. The molecular formula is C14H25N3O2S. The fourth-order valence-electron chi connectivity index (χ4n) is 3.18. The van der Waals surface area contributed by atoms with Crippen molar-refractivity contribution < 1.29 is 9.53 Å². The molecule has 3 N–H and O–H groups in total. The van der Waals surface area contributed by atoms with Gasteiger partial charge in [-0.3, -0.25) is 4.79 Å². The Bertz CT molecular complexity index is 383. The monoisotopic (exact) mass is 299 g/mol. The Labute approximate surface area is 126 Å². The Balaban J connectivity index is 2.03. The molecule has 6 heteroatoms. The van der Waals surface area contributed by atoms with Crippen molar-refractivity contribution in [2.45, 2.75) is 32.2 Å². The standard InChI is InChI=1S/C14H25N3O2S/c1-10-9-17(2)6-3-11(10)16-13(18)14(12(15)20)4-7-19-8-5-14/h10-11H,3-9H2,1-2H3,(H2,15,20)(H,16,18). The molecule has 2 rings (SSSR count). The summed E-state index contributed by atoms with van der Waals surface area (Å²) in [5.74, 6) is 0.440. The molecule has 2 aliphatic heterocycles. The number of carbonyl (C=O) groups excluding carboxylic acids is 1. The zero-order valence-electron chi connectivity index (χ0n) is 12.4. The first-order valence-corrected chi connectivity index (χ1v) is 7.74. The molecule has 2 aliphatic rings. The lowest BCUT2D eigenvalue weighted by molar-refractivity contribution is -0.132. The number of piperidine rings is 1. The summed E-state index contributed by atoms with van der Waals surface area (Å²) in [6.45, 7) is 5.30. The van der Waals surface area contributed by atoms with Crippen molar-refractivity contribution in [1.29, 1.82) is 0 Å². The lowest BCUT2D eigenvalue weighted by Gasteiger charge is -2.39. The van der Waals surface area contributed by atoms with Gasteiger partial charge in [0.25, 0.3) is 0 Å². The van der Waals surface area contributed by atoms with Crippen LogP contribution in [0.25, 0.3) is 0 Å². The first-order chi connectivity index (χ1) is 9.45. The molecule has 0 aliphatic carbocycles. The topological polar surface area (TPSA) is 67.6 Å². The van der Waals surface area contributed by atoms with Crippen molar-refractivity contribution >= 4 is 23.1 Å². The van der Waals surface area contributed by atoms with Crippen LogP contribution in [0.2, 0.25) is 0 Å². The quantitative estimate of drug-likeness (QED) is 0.744. The van der Waals surface area contributed by atoms with E-state index in [0.29, 0.717) is 37.0 Å². The van der Waals surface area contributed by atoms with Gasteiger partial charge in [0.2, 0.25) is 5.91 Å². The van der Waals surface area contributed by atoms with Crippen LogP contribution in [0.5, 0.6) is 0 Å². The SMILES string of the molecule is CC1CN(C)CCC1NC(=O)C1(C(N)=S)CCOCC1. The Morgan fingerprint density at radius 2 is 2.10 bits per heavy atom. The van der Waals surface area contributed by atoms with Crippen LogP contribution < -0.4 is 11.1 Å². The first-order valence-electron chi connectivity index (χ1n) is 7.33. The van der Waals surface area contributed by atoms with Crippen LogP contribution in [-0.2, 0) is 9.53 Å². The van der Waals surface area contributed by atoms with Crippen molar-refractivity contribution in [1.82, 2.24) is 10.2 Å². The van der Waals surface area contributed by atoms with E-state index in [1.807, 2.05) is 0 Å². The number of hydrogen-bond donors (Lipinski definition) is 2. The predicted octanol–water partition coefficient (Wildman–Crippen LogP) is 0.526. The molecule has 0 saturated carbocycles. The van der Waals surface area contributed by atoms with E-state index in [1.165, 1.54) is 0 Å². The lowest BCUT2D eigenvalue weighted by atomic mass is 9.78. The maximum Gasteiger partial charge on any atom is 0.233 e. The van der Waals surface area contributed by atoms with Crippen LogP contribution >= 0.6 is 12.2 Å². The van der Waals surface area contributed by atoms with E-state index in [1.54, 1.807) is 0 Å². The van der Waals surface area contributed by atoms with Crippen LogP contribution in [-0.4, -0.2) is 55.2 Å². The third kappa shape index (κ3) is 3.13. The summed E-state index contributed by atoms with van der Waals surface area (Å²) in [7, 11) is 2.11. The number of likely N-dealkylation sites (tertiary alicyclic amines) is 1. The van der Waals surface area contributed by atoms with Crippen molar-refractivity contribution in [2.75, 3.05) is 33.4 Å². The summed E-state index contributed by atoms with van der Waals surface area (Å²) in [6, 6.07) is 0.216. The van der Waals surface area contributed by atoms with E-state index in [-0.39, 0.29) is 11.9 Å². The molecule has 0 spiro atoms. The molecule has 20 heavy (non-hydrogen) atoms. The van der Waals surface area contributed by atoms with E-state index < -0.39 is 5.41 Å². The molecule has 2 fully saturated rings. The molecule has 2 unspecified atom stereocenters. The van der Waals surface area contributed by atoms with Gasteiger partial charge in [-0.15, -0.1) is 0 Å². The molecule has 2 saturated heterocycles. The third-order valence-electron chi connectivity index (χ3n) is 4.68. The fourth-order valence-corrected chi connectivity index (χ4v) is 3.48. The molecule has 0 aromatic rings. The smallest absolute Gasteiger partial charge is 0.233 e. The van der Waals surface area contributed by atoms with Gasteiger partial charge >= 0.3 is 0 Å². The molecule has 2 heterocycles. The number of nitrogens with two attached hydrogens (primary N) is 1. The Kier molecular flexibility index (Phi) is 4.99. The molecule has 0 bridgehead atoms. The number of carbonyl (C=O) groups is 1. The summed E-state index contributed by atoms with van der Waals surface area (Å²) in [5, 5.41) is 3.19. The fraction of sp³-hybridized carbons (Fsp3) is 0.857. The second kappa shape index (κ2) is 6.37. The minimum atomic E-state index is -0.712. The van der Waals surface area contributed by atoms with Crippen molar-refractivity contribution in [3.8, 4) is 0 Å². The summed E-state index contributed by atoms with van der Waals surface area (Å²) < 4.78 is 5.35. The minimum absolute atomic E-state index is 0.00490. The average Bonchev–Trinajstić information content (AvgIpc) is 2.42. The lowest BCUT2D eigenvalue weighted by Crippen LogP contribution is -2.57. The zero-order chi connectivity index (χ0) is 14.8. The highest BCUT2D eigenvalue weighted by Crippen LogP contribution is 2.32. The van der Waals surface area contributed by atoms with Gasteiger partial charge in [0.1, 0.15) is 5.41 Å². The van der Waals surface area contributed by atoms with Gasteiger partial charge in [0.05, 0.1) is 4.99 Å². The first kappa shape index (κ1) is 15.7. The third-order valence-corrected chi connectivity index (χ3v) is 5.07. The van der Waals surface area contributed by atoms with Crippen molar-refractivity contribution in [2.24, 2.45) is 17.1 Å². The van der Waals surface area contributed by atoms with E-state index >= 15 is 0 Å². The van der Waals surface area contributed by atoms with Crippen molar-refractivity contribution in [3.05, 3.63) is 0 Å². The van der Waals surface area contributed by atoms with Crippen molar-refractivity contribution in [3.63, 3.8) is 0 Å². The van der Waals surface area contributed by atoms with Gasteiger partial charge in [-0.2, -0.15) is 0 Å². The van der Waals surface area contributed by atoms with E-state index in [2.05, 4.69) is 24.2 Å². The second-order valence-corrected chi connectivity index (χ2v) is 6.61. The molecule has 2 atom stereocenters. The predicted molar refractivity (Wildman–Crippen MR) is 82.5 cm³/mol. The molecule has 1 amide bonds. The Morgan fingerprint density at radius 1 is 1.45 bits per heavy atom. The Hall–Kier alpha value is -0.720. The molecule has 0 aromatic heterocycles. The van der Waals surface area contributed by atoms with Gasteiger partial charge < -0.3 is 20.7 Å². The number of hydrogen-bond acceptors (Lipinski definition) is 4. The normalized spacial score (nSPS) is 30.7. The molecule has 5 nitrogen and oxygen atoms in total. The zero-order valence-corrected chi connectivity index (χ0v) is 13.2. The van der Waals surface area contributed by atoms with Gasteiger partial charge in [0.15, 0.2) is 0 Å². The number of nitrogens with zero attached hydrogens (tertiary/aromatic N) is 1. The molecule has 0 radical (unpaired) electrons. The molecule has 0 aromatic carbocycles. The summed E-state index contributed by atoms with van der Waals surface area (Å²) >= 11 is 5.17. The van der Waals surface area contributed by atoms with E-state index in [0.717, 1.165) is 19.5 Å². The summed E-state index contributed by atoms with van der Waals surface area (Å²) in [5.41, 5.74) is 5.16. The second-order valence-electron chi connectivity index (χ2n) is 6.17. The summed E-state index contributed by atoms with van der Waals surface area (Å²) in [6.07, 6.45) is 2.16. The van der Waals surface area contributed by atoms with Gasteiger partial charge in [-0.25, -0.2) is 0 Å². The maximum absolute atomic E-state index is 12.7. The molecule has 114 valence electrons. The Morgan fingerprint density at radius 3 is 2.65 bits per heavy atom. The van der Waals surface area contributed by atoms with Gasteiger partial charge in [-0.05, 0) is 38.8 Å². The summed E-state index contributed by atoms with van der Waals surface area (Å²) in [4.78, 5) is 15.3. The molecular weight excluding hydrogens is 274 g/mol. The largest absolute Gasteiger partial charge is 0.392 e. The number of rotatable bonds is 3. The number of amides is 1. The number of thiocarbonyl (C=S) groups is 1. The maximum atomic E-state index is 12.7. The van der Waals surface area contributed by atoms with Gasteiger partial charge in [-0.1, -0.05) is 19.1 Å². The minimum Gasteiger partial charge on any atom is -0.392 e. The van der Waals surface area contributed by atoms with Crippen LogP contribution in [0.3, 0.4) is 0 Å². The highest BCUT2D eigenvalue weighted by molar-refractivity contribution is 7.80. The average molecular weight is 299 g/mol. The van der Waals surface area contributed by atoms with Crippen LogP contribution in [0.4, 0.5) is 0 Å². The van der Waals surface area contributed by atoms with Crippen LogP contribution in [0, 0.1) is 11.3 Å². The van der Waals surface area contributed by atoms with E-state index in [9.17, 15) is 4.79 Å². The number of nitrogens with one attached hydrogen (secondary N) is 1. The highest BCUT2D eigenvalue weighted by atomic mass is 32.1. The van der Waals surface area contributed by atoms with Crippen LogP contribution in [0.1, 0.15) is 26.2 Å². The van der Waals surface area contributed by atoms with Crippen LogP contribution in [0.15, 0.2) is 0 Å². The van der Waals surface area contributed by atoms with E-state index in [4.69, 9.17) is 22.7 Å².